The predicted molar refractivity (Wildman–Crippen MR) is 97.2 cm³/mol. The van der Waals surface area contributed by atoms with Crippen LogP contribution in [0.15, 0.2) is 36.4 Å². The summed E-state index contributed by atoms with van der Waals surface area (Å²) in [6, 6.07) is 8.38. The monoisotopic (exact) mass is 377 g/mol. The second kappa shape index (κ2) is 7.83. The first-order valence-electron chi connectivity index (χ1n) is 7.51. The minimum Gasteiger partial charge on any atom is -0.449 e. The van der Waals surface area contributed by atoms with Crippen molar-refractivity contribution in [3.05, 3.63) is 62.7 Å². The lowest BCUT2D eigenvalue weighted by molar-refractivity contribution is -0.384. The molecule has 2 aromatic rings. The second-order valence-corrected chi connectivity index (χ2v) is 5.96. The zero-order valence-electron chi connectivity index (χ0n) is 14.0. The number of hydrogen-bond acceptors (Lipinski definition) is 6. The Morgan fingerprint density at radius 3 is 2.58 bits per heavy atom. The first kappa shape index (κ1) is 19.2. The van der Waals surface area contributed by atoms with E-state index in [1.807, 2.05) is 0 Å². The summed E-state index contributed by atoms with van der Waals surface area (Å²) in [7, 11) is 0. The van der Waals surface area contributed by atoms with Crippen LogP contribution in [0, 0.1) is 17.0 Å². The minimum atomic E-state index is -1.12. The summed E-state index contributed by atoms with van der Waals surface area (Å²) < 4.78 is 5.09. The van der Waals surface area contributed by atoms with Crippen molar-refractivity contribution in [2.24, 2.45) is 0 Å². The Kier molecular flexibility index (Phi) is 5.78. The van der Waals surface area contributed by atoms with Gasteiger partial charge < -0.3 is 15.8 Å². The van der Waals surface area contributed by atoms with E-state index in [2.05, 4.69) is 5.32 Å². The fraction of sp³-hybridized carbons (Fsp3) is 0.176. The molecule has 0 aromatic heterocycles. The van der Waals surface area contributed by atoms with E-state index >= 15 is 0 Å². The van der Waals surface area contributed by atoms with Gasteiger partial charge in [0.15, 0.2) is 6.10 Å². The van der Waals surface area contributed by atoms with E-state index in [1.165, 1.54) is 13.0 Å². The molecule has 0 spiro atoms. The number of anilines is 2. The fourth-order valence-electron chi connectivity index (χ4n) is 2.09. The number of ether oxygens (including phenoxy) is 1. The molecule has 2 aromatic carbocycles. The number of nitro groups is 1. The van der Waals surface area contributed by atoms with Crippen molar-refractivity contribution in [3.63, 3.8) is 0 Å². The molecule has 1 amide bonds. The first-order chi connectivity index (χ1) is 12.2. The maximum atomic E-state index is 12.2. The van der Waals surface area contributed by atoms with Gasteiger partial charge in [0.25, 0.3) is 11.6 Å². The van der Waals surface area contributed by atoms with Crippen LogP contribution in [-0.4, -0.2) is 22.9 Å². The molecule has 2 rings (SSSR count). The normalized spacial score (nSPS) is 11.5. The molecule has 0 aliphatic carbocycles. The molecule has 0 aliphatic rings. The third-order valence-electron chi connectivity index (χ3n) is 3.58. The average molecular weight is 378 g/mol. The van der Waals surface area contributed by atoms with Gasteiger partial charge in [-0.2, -0.15) is 0 Å². The molecule has 0 bridgehead atoms. The third-order valence-corrected chi connectivity index (χ3v) is 3.81. The van der Waals surface area contributed by atoms with Crippen LogP contribution in [0.25, 0.3) is 0 Å². The Morgan fingerprint density at radius 1 is 1.27 bits per heavy atom. The number of halogens is 1. The largest absolute Gasteiger partial charge is 0.449 e. The second-order valence-electron chi connectivity index (χ2n) is 5.52. The van der Waals surface area contributed by atoms with Gasteiger partial charge in [0.05, 0.1) is 16.2 Å². The average Bonchev–Trinajstić information content (AvgIpc) is 2.57. The Morgan fingerprint density at radius 2 is 1.96 bits per heavy atom. The highest BCUT2D eigenvalue weighted by atomic mass is 35.5. The van der Waals surface area contributed by atoms with Gasteiger partial charge in [0.1, 0.15) is 0 Å². The molecule has 0 radical (unpaired) electrons. The topological polar surface area (TPSA) is 125 Å². The molecule has 0 heterocycles. The van der Waals surface area contributed by atoms with E-state index in [0.717, 1.165) is 17.7 Å². The predicted octanol–water partition coefficient (Wildman–Crippen LogP) is 3.32. The molecule has 0 fully saturated rings. The molecule has 8 nitrogen and oxygen atoms in total. The minimum absolute atomic E-state index is 0.0609. The fourth-order valence-corrected chi connectivity index (χ4v) is 2.26. The van der Waals surface area contributed by atoms with Crippen molar-refractivity contribution >= 4 is 40.5 Å². The highest BCUT2D eigenvalue weighted by Crippen LogP contribution is 2.22. The molecule has 0 aliphatic heterocycles. The van der Waals surface area contributed by atoms with Crippen molar-refractivity contribution in [3.8, 4) is 0 Å². The maximum Gasteiger partial charge on any atom is 0.341 e. The number of amides is 1. The maximum absolute atomic E-state index is 12.2. The smallest absolute Gasteiger partial charge is 0.341 e. The number of carbonyl (C=O) groups excluding carboxylic acids is 2. The van der Waals surface area contributed by atoms with Gasteiger partial charge in [0, 0.05) is 22.8 Å². The summed E-state index contributed by atoms with van der Waals surface area (Å²) in [6.07, 6.45) is -1.12. The number of nitrogens with two attached hydrogens (primary N) is 1. The van der Waals surface area contributed by atoms with Crippen LogP contribution in [0.4, 0.5) is 17.1 Å². The Balaban J connectivity index is 2.07. The first-order valence-corrected chi connectivity index (χ1v) is 7.88. The third kappa shape index (κ3) is 4.48. The lowest BCUT2D eigenvalue weighted by Crippen LogP contribution is -2.30. The standard InChI is InChI=1S/C17H16ClN3O5/c1-9-3-4-11(18)7-15(9)20-16(22)10(2)26-17(23)13-6-5-12(21(24)25)8-14(13)19/h3-8,10H,19H2,1-2H3,(H,20,22)/t10-/m0/s1. The summed E-state index contributed by atoms with van der Waals surface area (Å²) in [5.41, 5.74) is 6.53. The summed E-state index contributed by atoms with van der Waals surface area (Å²) in [5, 5.41) is 13.8. The number of rotatable bonds is 5. The van der Waals surface area contributed by atoms with Gasteiger partial charge in [-0.3, -0.25) is 14.9 Å². The van der Waals surface area contributed by atoms with Crippen molar-refractivity contribution < 1.29 is 19.2 Å². The van der Waals surface area contributed by atoms with Crippen molar-refractivity contribution in [1.29, 1.82) is 0 Å². The number of nitrogen functional groups attached to an aromatic ring is 1. The van der Waals surface area contributed by atoms with E-state index < -0.39 is 22.9 Å². The lowest BCUT2D eigenvalue weighted by Gasteiger charge is -2.15. The SMILES string of the molecule is Cc1ccc(Cl)cc1NC(=O)[C@H](C)OC(=O)c1ccc([N+](=O)[O-])cc1N. The van der Waals surface area contributed by atoms with Crippen LogP contribution in [-0.2, 0) is 9.53 Å². The zero-order valence-corrected chi connectivity index (χ0v) is 14.7. The van der Waals surface area contributed by atoms with Crippen molar-refractivity contribution in [1.82, 2.24) is 0 Å². The number of benzene rings is 2. The van der Waals surface area contributed by atoms with Gasteiger partial charge in [0.2, 0.25) is 0 Å². The molecule has 136 valence electrons. The number of hydrogen-bond donors (Lipinski definition) is 2. The van der Waals surface area contributed by atoms with Crippen molar-refractivity contribution in [2.45, 2.75) is 20.0 Å². The molecule has 9 heteroatoms. The summed E-state index contributed by atoms with van der Waals surface area (Å²) in [6.45, 7) is 3.19. The van der Waals surface area contributed by atoms with Crippen LogP contribution >= 0.6 is 11.6 Å². The number of nitrogens with one attached hydrogen (secondary N) is 1. The van der Waals surface area contributed by atoms with Crippen LogP contribution in [0.2, 0.25) is 5.02 Å². The number of non-ortho nitro benzene ring substituents is 1. The Labute approximate surface area is 154 Å². The van der Waals surface area contributed by atoms with Gasteiger partial charge in [-0.25, -0.2) is 4.79 Å². The number of aryl methyl sites for hydroxylation is 1. The molecule has 0 saturated heterocycles. The van der Waals surface area contributed by atoms with Crippen LogP contribution in [0.3, 0.4) is 0 Å². The van der Waals surface area contributed by atoms with Gasteiger partial charge in [-0.05, 0) is 37.6 Å². The summed E-state index contributed by atoms with van der Waals surface area (Å²) in [4.78, 5) is 34.4. The molecule has 0 saturated carbocycles. The highest BCUT2D eigenvalue weighted by molar-refractivity contribution is 6.31. The van der Waals surface area contributed by atoms with Crippen LogP contribution < -0.4 is 11.1 Å². The number of nitrogens with zero attached hydrogens (tertiary/aromatic N) is 1. The number of nitro benzene ring substituents is 1. The van der Waals surface area contributed by atoms with Gasteiger partial charge in [-0.1, -0.05) is 17.7 Å². The molecular weight excluding hydrogens is 362 g/mol. The molecule has 26 heavy (non-hydrogen) atoms. The quantitative estimate of drug-likeness (QED) is 0.356. The van der Waals surface area contributed by atoms with E-state index in [4.69, 9.17) is 22.1 Å². The molecule has 3 N–H and O–H groups in total. The van der Waals surface area contributed by atoms with Gasteiger partial charge in [-0.15, -0.1) is 0 Å². The van der Waals surface area contributed by atoms with Crippen molar-refractivity contribution in [2.75, 3.05) is 11.1 Å². The number of carbonyl (C=O) groups is 2. The Hall–Kier alpha value is -3.13. The summed E-state index contributed by atoms with van der Waals surface area (Å²) in [5.74, 6) is -1.41. The van der Waals surface area contributed by atoms with Crippen LogP contribution in [0.1, 0.15) is 22.8 Å². The van der Waals surface area contributed by atoms with E-state index in [0.29, 0.717) is 10.7 Å². The van der Waals surface area contributed by atoms with Crippen LogP contribution in [0.5, 0.6) is 0 Å². The molecule has 0 unspecified atom stereocenters. The van der Waals surface area contributed by atoms with Gasteiger partial charge >= 0.3 is 5.97 Å². The zero-order chi connectivity index (χ0) is 19.4. The molecular formula is C17H16ClN3O5. The van der Waals surface area contributed by atoms with E-state index in [-0.39, 0.29) is 16.9 Å². The lowest BCUT2D eigenvalue weighted by atomic mass is 10.1. The molecule has 1 atom stereocenters. The Bertz CT molecular complexity index is 885. The highest BCUT2D eigenvalue weighted by Gasteiger charge is 2.22. The van der Waals surface area contributed by atoms with E-state index in [9.17, 15) is 19.7 Å². The summed E-state index contributed by atoms with van der Waals surface area (Å²) >= 11 is 5.90. The number of esters is 1. The van der Waals surface area contributed by atoms with E-state index in [1.54, 1.807) is 25.1 Å².